The first kappa shape index (κ1) is 19.9. The third kappa shape index (κ3) is 3.83. The number of fused-ring (bicyclic) bond motifs is 1. The number of hydrogen-bond donors (Lipinski definition) is 1. The maximum absolute atomic E-state index is 13.0. The fourth-order valence-corrected chi connectivity index (χ4v) is 4.12. The number of aromatic nitrogens is 5. The highest BCUT2D eigenvalue weighted by Crippen LogP contribution is 2.26. The SMILES string of the molecule is CC[C@@H](c1ccccc1)n1cc(CC(=O)c2n[nH]c3cc(-c4ccncc4)ccc23)cn1. The molecule has 0 aliphatic heterocycles. The van der Waals surface area contributed by atoms with Crippen molar-refractivity contribution in [2.45, 2.75) is 25.8 Å². The van der Waals surface area contributed by atoms with Gasteiger partial charge in [0.05, 0.1) is 17.8 Å². The zero-order valence-corrected chi connectivity index (χ0v) is 17.8. The van der Waals surface area contributed by atoms with Crippen LogP contribution < -0.4 is 0 Å². The molecule has 0 radical (unpaired) electrons. The maximum Gasteiger partial charge on any atom is 0.188 e. The van der Waals surface area contributed by atoms with Crippen LogP contribution in [-0.2, 0) is 6.42 Å². The molecule has 2 aromatic carbocycles. The van der Waals surface area contributed by atoms with Crippen LogP contribution in [0.4, 0.5) is 0 Å². The Hall–Kier alpha value is -4.06. The van der Waals surface area contributed by atoms with Gasteiger partial charge in [-0.1, -0.05) is 43.3 Å². The van der Waals surface area contributed by atoms with Gasteiger partial charge in [0.25, 0.3) is 0 Å². The molecule has 0 fully saturated rings. The molecule has 0 bridgehead atoms. The molecule has 32 heavy (non-hydrogen) atoms. The van der Waals surface area contributed by atoms with Crippen molar-refractivity contribution in [2.24, 2.45) is 0 Å². The van der Waals surface area contributed by atoms with Gasteiger partial charge in [-0.05, 0) is 52.9 Å². The van der Waals surface area contributed by atoms with Gasteiger partial charge in [-0.2, -0.15) is 10.2 Å². The number of carbonyl (C=O) groups is 1. The number of aromatic amines is 1. The van der Waals surface area contributed by atoms with Crippen molar-refractivity contribution in [3.05, 3.63) is 102 Å². The summed E-state index contributed by atoms with van der Waals surface area (Å²) in [4.78, 5) is 17.1. The van der Waals surface area contributed by atoms with Crippen molar-refractivity contribution in [3.63, 3.8) is 0 Å². The topological polar surface area (TPSA) is 76.5 Å². The molecule has 3 aromatic heterocycles. The highest BCUT2D eigenvalue weighted by atomic mass is 16.1. The molecule has 6 nitrogen and oxygen atoms in total. The lowest BCUT2D eigenvalue weighted by Gasteiger charge is -2.15. The van der Waals surface area contributed by atoms with E-state index in [0.717, 1.165) is 34.0 Å². The Balaban J connectivity index is 1.36. The standard InChI is InChI=1S/C26H23N5O/c1-2-24(20-6-4-3-5-7-20)31-17-18(16-28-31)14-25(32)26-22-9-8-21(15-23(22)29-30-26)19-10-12-27-13-11-19/h3-13,15-17,24H,2,14H2,1H3,(H,29,30)/t24-/m0/s1. The molecule has 0 amide bonds. The molecule has 6 heteroatoms. The average Bonchev–Trinajstić information content (AvgIpc) is 3.47. The summed E-state index contributed by atoms with van der Waals surface area (Å²) < 4.78 is 1.95. The Morgan fingerprint density at radius 3 is 2.62 bits per heavy atom. The second kappa shape index (κ2) is 8.59. The van der Waals surface area contributed by atoms with Crippen LogP contribution >= 0.6 is 0 Å². The van der Waals surface area contributed by atoms with Gasteiger partial charge in [0.15, 0.2) is 5.78 Å². The highest BCUT2D eigenvalue weighted by molar-refractivity contribution is 6.07. The van der Waals surface area contributed by atoms with Crippen molar-refractivity contribution in [1.82, 2.24) is 25.0 Å². The van der Waals surface area contributed by atoms with Crippen LogP contribution in [-0.4, -0.2) is 30.7 Å². The van der Waals surface area contributed by atoms with Gasteiger partial charge >= 0.3 is 0 Å². The highest BCUT2D eigenvalue weighted by Gasteiger charge is 2.18. The lowest BCUT2D eigenvalue weighted by Crippen LogP contribution is -2.10. The molecule has 0 saturated heterocycles. The molecule has 3 heterocycles. The second-order valence-corrected chi connectivity index (χ2v) is 7.83. The van der Waals surface area contributed by atoms with Crippen LogP contribution in [0.5, 0.6) is 0 Å². The Bertz CT molecular complexity index is 1360. The van der Waals surface area contributed by atoms with Gasteiger partial charge in [0.2, 0.25) is 0 Å². The molecule has 0 spiro atoms. The Kier molecular flexibility index (Phi) is 5.34. The predicted octanol–water partition coefficient (Wildman–Crippen LogP) is 5.25. The van der Waals surface area contributed by atoms with E-state index in [1.807, 2.05) is 59.4 Å². The van der Waals surface area contributed by atoms with Gasteiger partial charge < -0.3 is 0 Å². The minimum Gasteiger partial charge on any atom is -0.292 e. The van der Waals surface area contributed by atoms with E-state index in [1.54, 1.807) is 18.6 Å². The summed E-state index contributed by atoms with van der Waals surface area (Å²) in [5.41, 5.74) is 5.52. The normalized spacial score (nSPS) is 12.2. The number of nitrogens with zero attached hydrogens (tertiary/aromatic N) is 4. The van der Waals surface area contributed by atoms with Crippen LogP contribution in [0.3, 0.4) is 0 Å². The summed E-state index contributed by atoms with van der Waals surface area (Å²) in [6.45, 7) is 2.14. The number of ketones is 1. The van der Waals surface area contributed by atoms with Gasteiger partial charge in [-0.3, -0.25) is 19.6 Å². The third-order valence-electron chi connectivity index (χ3n) is 5.75. The predicted molar refractivity (Wildman–Crippen MR) is 124 cm³/mol. The summed E-state index contributed by atoms with van der Waals surface area (Å²) >= 11 is 0. The quantitative estimate of drug-likeness (QED) is 0.364. The number of H-pyrrole nitrogens is 1. The number of hydrogen-bond acceptors (Lipinski definition) is 4. The number of rotatable bonds is 7. The van der Waals surface area contributed by atoms with Crippen molar-refractivity contribution in [3.8, 4) is 11.1 Å². The van der Waals surface area contributed by atoms with Crippen LogP contribution in [0.2, 0.25) is 0 Å². The molecule has 0 unspecified atom stereocenters. The van der Waals surface area contributed by atoms with Gasteiger partial charge in [-0.25, -0.2) is 0 Å². The molecule has 1 atom stereocenters. The Morgan fingerprint density at radius 2 is 1.84 bits per heavy atom. The molecule has 0 aliphatic carbocycles. The van der Waals surface area contributed by atoms with Crippen molar-refractivity contribution in [1.29, 1.82) is 0 Å². The molecule has 0 aliphatic rings. The van der Waals surface area contributed by atoms with E-state index < -0.39 is 0 Å². The van der Waals surface area contributed by atoms with Crippen LogP contribution in [0.25, 0.3) is 22.0 Å². The first-order valence-corrected chi connectivity index (χ1v) is 10.7. The van der Waals surface area contributed by atoms with Gasteiger partial charge in [-0.15, -0.1) is 0 Å². The third-order valence-corrected chi connectivity index (χ3v) is 5.75. The Labute approximate surface area is 185 Å². The summed E-state index contributed by atoms with van der Waals surface area (Å²) in [5, 5.41) is 12.7. The first-order chi connectivity index (χ1) is 15.7. The van der Waals surface area contributed by atoms with Gasteiger partial charge in [0.1, 0.15) is 5.69 Å². The fourth-order valence-electron chi connectivity index (χ4n) is 4.12. The van der Waals surface area contributed by atoms with Gasteiger partial charge in [0, 0.05) is 30.4 Å². The van der Waals surface area contributed by atoms with E-state index >= 15 is 0 Å². The van der Waals surface area contributed by atoms with Crippen LogP contribution in [0, 0.1) is 0 Å². The van der Waals surface area contributed by atoms with Crippen LogP contribution in [0.1, 0.15) is 41.0 Å². The van der Waals surface area contributed by atoms with Crippen molar-refractivity contribution in [2.75, 3.05) is 0 Å². The largest absolute Gasteiger partial charge is 0.292 e. The summed E-state index contributed by atoms with van der Waals surface area (Å²) in [5.74, 6) is -0.0276. The molecule has 5 aromatic rings. The number of benzene rings is 2. The molecular formula is C26H23N5O. The molecular weight excluding hydrogens is 398 g/mol. The molecule has 0 saturated carbocycles. The monoisotopic (exact) mass is 421 g/mol. The summed E-state index contributed by atoms with van der Waals surface area (Å²) in [6.07, 6.45) is 8.46. The van der Waals surface area contributed by atoms with E-state index in [-0.39, 0.29) is 18.2 Å². The maximum atomic E-state index is 13.0. The lowest BCUT2D eigenvalue weighted by molar-refractivity contribution is 0.0989. The second-order valence-electron chi connectivity index (χ2n) is 7.83. The van der Waals surface area contributed by atoms with Crippen molar-refractivity contribution >= 4 is 16.7 Å². The van der Waals surface area contributed by atoms with Crippen molar-refractivity contribution < 1.29 is 4.79 Å². The van der Waals surface area contributed by atoms with E-state index in [0.29, 0.717) is 5.69 Å². The summed E-state index contributed by atoms with van der Waals surface area (Å²) in [6, 6.07) is 20.3. The number of nitrogens with one attached hydrogen (secondary N) is 1. The molecule has 1 N–H and O–H groups in total. The fraction of sp³-hybridized carbons (Fsp3) is 0.154. The van der Waals surface area contributed by atoms with E-state index in [4.69, 9.17) is 0 Å². The zero-order valence-electron chi connectivity index (χ0n) is 17.8. The summed E-state index contributed by atoms with van der Waals surface area (Å²) in [7, 11) is 0. The average molecular weight is 422 g/mol. The lowest BCUT2D eigenvalue weighted by atomic mass is 10.0. The Morgan fingerprint density at radius 1 is 1.03 bits per heavy atom. The zero-order chi connectivity index (χ0) is 21.9. The van der Waals surface area contributed by atoms with E-state index in [2.05, 4.69) is 39.3 Å². The van der Waals surface area contributed by atoms with Crippen LogP contribution in [0.15, 0.2) is 85.5 Å². The van der Waals surface area contributed by atoms with E-state index in [9.17, 15) is 4.79 Å². The minimum absolute atomic E-state index is 0.0276. The molecule has 5 rings (SSSR count). The smallest absolute Gasteiger partial charge is 0.188 e. The van der Waals surface area contributed by atoms with E-state index in [1.165, 1.54) is 5.56 Å². The number of pyridine rings is 1. The first-order valence-electron chi connectivity index (χ1n) is 10.7. The number of Topliss-reactive ketones (excluding diaryl/α,β-unsaturated/α-hetero) is 1. The number of carbonyl (C=O) groups excluding carboxylic acids is 1. The molecule has 158 valence electrons. The minimum atomic E-state index is -0.0276.